The van der Waals surface area contributed by atoms with Crippen molar-refractivity contribution in [2.75, 3.05) is 84.3 Å². The van der Waals surface area contributed by atoms with Crippen molar-refractivity contribution in [2.45, 2.75) is 38.4 Å². The predicted octanol–water partition coefficient (Wildman–Crippen LogP) is 7.59. The van der Waals surface area contributed by atoms with Gasteiger partial charge in [0.2, 0.25) is 5.13 Å². The van der Waals surface area contributed by atoms with E-state index in [2.05, 4.69) is 55.4 Å². The van der Waals surface area contributed by atoms with Crippen LogP contribution in [0.15, 0.2) is 90.2 Å². The van der Waals surface area contributed by atoms with Crippen LogP contribution in [0.4, 0.5) is 23.1 Å². The number of methoxy groups -OCH3 is 1. The smallest absolute Gasteiger partial charge is 0.416 e. The lowest BCUT2D eigenvalue weighted by Gasteiger charge is -2.16. The lowest BCUT2D eigenvalue weighted by Crippen LogP contribution is -2.37. The summed E-state index contributed by atoms with van der Waals surface area (Å²) in [7, 11) is -2.53. The number of halogens is 3. The summed E-state index contributed by atoms with van der Waals surface area (Å²) < 4.78 is 100. The fourth-order valence-electron chi connectivity index (χ4n) is 5.83. The monoisotopic (exact) mass is 942 g/mol. The van der Waals surface area contributed by atoms with E-state index in [-0.39, 0.29) is 52.3 Å². The molecule has 16 nitrogen and oxygen atoms in total. The Balaban J connectivity index is 0.00000122. The number of urea groups is 1. The quantitative estimate of drug-likeness (QED) is 0.0512. The third kappa shape index (κ3) is 17.3. The van der Waals surface area contributed by atoms with Crippen LogP contribution in [0.25, 0.3) is 22.3 Å². The van der Waals surface area contributed by atoms with Crippen molar-refractivity contribution in [1.29, 1.82) is 5.26 Å². The van der Waals surface area contributed by atoms with Gasteiger partial charge in [0.25, 0.3) is 10.0 Å². The molecule has 350 valence electrons. The number of nitrogens with one attached hydrogen (secondary N) is 3. The van der Waals surface area contributed by atoms with Gasteiger partial charge in [-0.05, 0) is 90.9 Å². The average molecular weight is 943 g/mol. The molecule has 21 heteroatoms. The van der Waals surface area contributed by atoms with Gasteiger partial charge in [-0.25, -0.2) is 18.2 Å². The number of ether oxygens (including phenoxy) is 5. The topological polar surface area (TPSA) is 199 Å². The highest BCUT2D eigenvalue weighted by molar-refractivity contribution is 7.93. The maximum Gasteiger partial charge on any atom is 0.416 e. The van der Waals surface area contributed by atoms with Gasteiger partial charge in [-0.1, -0.05) is 39.0 Å². The number of nitriles is 1. The minimum atomic E-state index is -4.57. The SMILES string of the molecule is CCN(CC)CC.COCCOCCOCCOCCNC(=O)NCc1cc(-c2cc(-c3cccc(C(F)(F)F)c3)ccc2Oc2ccc(S(=O)(=O)Nc3ncns3)cc2C#N)ccn1. The summed E-state index contributed by atoms with van der Waals surface area (Å²) in [4.78, 5) is 22.8. The van der Waals surface area contributed by atoms with E-state index in [4.69, 9.17) is 23.7 Å². The van der Waals surface area contributed by atoms with Crippen LogP contribution in [-0.2, 0) is 41.7 Å². The zero-order valence-electron chi connectivity index (χ0n) is 36.5. The first kappa shape index (κ1) is 51.9. The summed E-state index contributed by atoms with van der Waals surface area (Å²) in [5, 5.41) is 15.4. The second-order valence-corrected chi connectivity index (χ2v) is 16.1. The molecular formula is C44H53F3N8O8S2. The number of nitrogens with zero attached hydrogens (tertiary/aromatic N) is 5. The van der Waals surface area contributed by atoms with Crippen molar-refractivity contribution >= 4 is 32.7 Å². The van der Waals surface area contributed by atoms with Crippen molar-refractivity contribution < 1.29 is 50.1 Å². The maximum atomic E-state index is 13.6. The van der Waals surface area contributed by atoms with Crippen molar-refractivity contribution in [2.24, 2.45) is 0 Å². The Morgan fingerprint density at radius 3 is 2.11 bits per heavy atom. The molecule has 0 radical (unpaired) electrons. The molecule has 65 heavy (non-hydrogen) atoms. The number of alkyl halides is 3. The number of benzene rings is 3. The summed E-state index contributed by atoms with van der Waals surface area (Å²) in [5.41, 5.74) is 1.14. The van der Waals surface area contributed by atoms with E-state index in [9.17, 15) is 31.6 Å². The van der Waals surface area contributed by atoms with Gasteiger partial charge in [0.15, 0.2) is 0 Å². The Morgan fingerprint density at radius 2 is 1.48 bits per heavy atom. The summed E-state index contributed by atoms with van der Waals surface area (Å²) in [5.74, 6) is 0.205. The molecule has 0 atom stereocenters. The van der Waals surface area contributed by atoms with Crippen LogP contribution in [0.2, 0.25) is 0 Å². The van der Waals surface area contributed by atoms with Crippen LogP contribution < -0.4 is 20.1 Å². The Labute approximate surface area is 381 Å². The van der Waals surface area contributed by atoms with Crippen LogP contribution >= 0.6 is 11.5 Å². The number of carbonyl (C=O) groups excluding carboxylic acids is 1. The standard InChI is InChI=1S/C38H38F3N7O8S2.C6H15N/c1-52-13-14-54-17-18-55-16-15-53-12-11-44-36(49)45-24-31-20-28(9-10-43-31)33-22-27(26-3-2-4-30(19-26)38(39,40)41)5-7-35(33)56-34-8-6-32(21-29(34)23-42)58(50,51)48-37-46-25-47-57-37;1-4-7(5-2)6-3/h2-10,19-22,25H,11-18,24H2,1H3,(H2,44,45,49)(H,46,47,48);4-6H2,1-3H3. The van der Waals surface area contributed by atoms with Crippen LogP contribution in [0, 0.1) is 11.3 Å². The van der Waals surface area contributed by atoms with Crippen LogP contribution in [0.3, 0.4) is 0 Å². The Hall–Kier alpha value is -5.73. The molecule has 0 unspecified atom stereocenters. The number of sulfonamides is 1. The molecule has 3 aromatic carbocycles. The van der Waals surface area contributed by atoms with E-state index in [1.807, 2.05) is 6.07 Å². The Kier molecular flexibility index (Phi) is 21.5. The molecule has 5 aromatic rings. The van der Waals surface area contributed by atoms with Crippen molar-refractivity contribution in [3.63, 3.8) is 0 Å². The van der Waals surface area contributed by atoms with Gasteiger partial charge in [0, 0.05) is 36.9 Å². The van der Waals surface area contributed by atoms with E-state index >= 15 is 0 Å². The molecule has 0 spiro atoms. The van der Waals surface area contributed by atoms with Gasteiger partial charge in [-0.2, -0.15) is 22.8 Å². The number of hydrogen-bond acceptors (Lipinski definition) is 14. The molecule has 3 N–H and O–H groups in total. The minimum Gasteiger partial charge on any atom is -0.455 e. The lowest BCUT2D eigenvalue weighted by molar-refractivity contribution is -0.137. The first-order chi connectivity index (χ1) is 31.3. The number of aromatic nitrogens is 3. The van der Waals surface area contributed by atoms with Gasteiger partial charge in [-0.15, -0.1) is 0 Å². The first-order valence-electron chi connectivity index (χ1n) is 20.6. The van der Waals surface area contributed by atoms with Crippen LogP contribution in [-0.4, -0.2) is 113 Å². The molecule has 2 aromatic heterocycles. The third-order valence-corrected chi connectivity index (χ3v) is 11.3. The van der Waals surface area contributed by atoms with Crippen LogP contribution in [0.5, 0.6) is 11.5 Å². The molecule has 0 bridgehead atoms. The van der Waals surface area contributed by atoms with Crippen molar-refractivity contribution in [1.82, 2.24) is 29.9 Å². The van der Waals surface area contributed by atoms with Gasteiger partial charge in [0.05, 0.1) is 74.5 Å². The van der Waals surface area contributed by atoms with E-state index in [0.29, 0.717) is 62.0 Å². The first-order valence-corrected chi connectivity index (χ1v) is 22.8. The summed E-state index contributed by atoms with van der Waals surface area (Å²) in [6.45, 7) is 13.2. The van der Waals surface area contributed by atoms with Gasteiger partial charge in [0.1, 0.15) is 23.9 Å². The molecule has 0 aliphatic carbocycles. The van der Waals surface area contributed by atoms with Gasteiger partial charge < -0.3 is 39.2 Å². The van der Waals surface area contributed by atoms with E-state index in [1.54, 1.807) is 37.4 Å². The fraction of sp³-hybridized carbons (Fsp3) is 0.386. The molecule has 5 rings (SSSR count). The van der Waals surface area contributed by atoms with E-state index in [1.165, 1.54) is 56.4 Å². The van der Waals surface area contributed by atoms with E-state index < -0.39 is 27.8 Å². The van der Waals surface area contributed by atoms with Gasteiger partial charge >= 0.3 is 12.2 Å². The highest BCUT2D eigenvalue weighted by Gasteiger charge is 2.30. The van der Waals surface area contributed by atoms with E-state index in [0.717, 1.165) is 29.7 Å². The second-order valence-electron chi connectivity index (χ2n) is 13.6. The molecule has 2 amide bonds. The molecule has 2 heterocycles. The number of pyridine rings is 1. The number of anilines is 1. The summed E-state index contributed by atoms with van der Waals surface area (Å²) in [6, 6.07) is 18.1. The average Bonchev–Trinajstić information content (AvgIpc) is 3.82. The number of carbonyl (C=O) groups is 1. The largest absolute Gasteiger partial charge is 0.455 e. The third-order valence-electron chi connectivity index (χ3n) is 9.29. The Bertz CT molecular complexity index is 2380. The predicted molar refractivity (Wildman–Crippen MR) is 240 cm³/mol. The maximum absolute atomic E-state index is 13.6. The zero-order chi connectivity index (χ0) is 47.1. The molecule has 0 aliphatic rings. The lowest BCUT2D eigenvalue weighted by atomic mass is 9.97. The second kappa shape index (κ2) is 26.9. The fourth-order valence-corrected chi connectivity index (χ4v) is 7.52. The highest BCUT2D eigenvalue weighted by atomic mass is 32.2. The minimum absolute atomic E-state index is 0.0119. The Morgan fingerprint density at radius 1 is 0.800 bits per heavy atom. The molecular weight excluding hydrogens is 890 g/mol. The van der Waals surface area contributed by atoms with Crippen molar-refractivity contribution in [3.8, 4) is 39.8 Å². The summed E-state index contributed by atoms with van der Waals surface area (Å²) in [6.07, 6.45) is -1.88. The number of hydrogen-bond donors (Lipinski definition) is 3. The number of rotatable bonds is 24. The van der Waals surface area contributed by atoms with Crippen LogP contribution in [0.1, 0.15) is 37.6 Å². The van der Waals surface area contributed by atoms with Crippen molar-refractivity contribution in [3.05, 3.63) is 102 Å². The summed E-state index contributed by atoms with van der Waals surface area (Å²) >= 11 is 0.836. The zero-order valence-corrected chi connectivity index (χ0v) is 38.2. The number of amides is 2. The normalized spacial score (nSPS) is 11.4. The van der Waals surface area contributed by atoms with Gasteiger partial charge in [-0.3, -0.25) is 9.71 Å². The molecule has 0 saturated carbocycles. The molecule has 0 fully saturated rings. The molecule has 0 saturated heterocycles. The highest BCUT2D eigenvalue weighted by Crippen LogP contribution is 2.39. The molecule has 0 aliphatic heterocycles.